The SMILES string of the molecule is CCS(=O)(=O)CCNC(=O)CC1(C(=O)O)CCCCCC1. The molecule has 2 N–H and O–H groups in total. The molecule has 0 aromatic carbocycles. The maximum atomic E-state index is 11.9. The van der Waals surface area contributed by atoms with Gasteiger partial charge < -0.3 is 10.4 Å². The number of carboxylic acid groups (broad SMARTS) is 1. The molecule has 6 nitrogen and oxygen atoms in total. The van der Waals surface area contributed by atoms with E-state index in [1.807, 2.05) is 0 Å². The van der Waals surface area contributed by atoms with Crippen LogP contribution in [-0.2, 0) is 19.4 Å². The molecule has 0 atom stereocenters. The Labute approximate surface area is 126 Å². The number of hydrogen-bond donors (Lipinski definition) is 2. The Balaban J connectivity index is 2.55. The summed E-state index contributed by atoms with van der Waals surface area (Å²) in [7, 11) is -3.12. The Bertz CT molecular complexity index is 464. The summed E-state index contributed by atoms with van der Waals surface area (Å²) in [4.78, 5) is 23.5. The third-order valence-corrected chi connectivity index (χ3v) is 5.89. The summed E-state index contributed by atoms with van der Waals surface area (Å²) in [5, 5.41) is 12.0. The van der Waals surface area contributed by atoms with E-state index in [1.165, 1.54) is 0 Å². The van der Waals surface area contributed by atoms with Gasteiger partial charge in [0.05, 0.1) is 11.2 Å². The molecular weight excluding hydrogens is 294 g/mol. The van der Waals surface area contributed by atoms with Gasteiger partial charge in [-0.15, -0.1) is 0 Å². The van der Waals surface area contributed by atoms with Crippen molar-refractivity contribution in [1.82, 2.24) is 5.32 Å². The molecular formula is C14H25NO5S. The van der Waals surface area contributed by atoms with Gasteiger partial charge in [-0.25, -0.2) is 8.42 Å². The first kappa shape index (κ1) is 17.9. The first-order valence-electron chi connectivity index (χ1n) is 7.52. The fourth-order valence-corrected chi connectivity index (χ4v) is 3.43. The quantitative estimate of drug-likeness (QED) is 0.690. The Morgan fingerprint density at radius 3 is 2.19 bits per heavy atom. The lowest BCUT2D eigenvalue weighted by Gasteiger charge is -2.27. The van der Waals surface area contributed by atoms with E-state index in [0.29, 0.717) is 12.8 Å². The van der Waals surface area contributed by atoms with Crippen LogP contribution < -0.4 is 5.32 Å². The zero-order valence-corrected chi connectivity index (χ0v) is 13.4. The predicted octanol–water partition coefficient (Wildman–Crippen LogP) is 1.35. The second-order valence-corrected chi connectivity index (χ2v) is 8.24. The highest BCUT2D eigenvalue weighted by Crippen LogP contribution is 2.38. The second kappa shape index (κ2) is 7.77. The van der Waals surface area contributed by atoms with Crippen LogP contribution >= 0.6 is 0 Å². The standard InChI is InChI=1S/C14H25NO5S/c1-2-21(19,20)10-9-15-12(16)11-14(13(17)18)7-5-3-4-6-8-14/h2-11H2,1H3,(H,15,16)(H,17,18). The summed E-state index contributed by atoms with van der Waals surface area (Å²) in [6, 6.07) is 0. The van der Waals surface area contributed by atoms with Crippen LogP contribution in [0, 0.1) is 5.41 Å². The van der Waals surface area contributed by atoms with E-state index in [-0.39, 0.29) is 30.4 Å². The highest BCUT2D eigenvalue weighted by molar-refractivity contribution is 7.91. The van der Waals surface area contributed by atoms with Crippen molar-refractivity contribution in [2.45, 2.75) is 51.9 Å². The summed E-state index contributed by atoms with van der Waals surface area (Å²) in [6.07, 6.45) is 4.63. The molecule has 0 aromatic heterocycles. The van der Waals surface area contributed by atoms with Crippen LogP contribution in [0.4, 0.5) is 0 Å². The smallest absolute Gasteiger partial charge is 0.310 e. The zero-order valence-electron chi connectivity index (χ0n) is 12.6. The van der Waals surface area contributed by atoms with Crippen LogP contribution in [0.2, 0.25) is 0 Å². The zero-order chi connectivity index (χ0) is 15.9. The van der Waals surface area contributed by atoms with Crippen LogP contribution in [0.15, 0.2) is 0 Å². The van der Waals surface area contributed by atoms with E-state index >= 15 is 0 Å². The Hall–Kier alpha value is -1.11. The molecule has 1 saturated carbocycles. The van der Waals surface area contributed by atoms with Crippen molar-refractivity contribution < 1.29 is 23.1 Å². The molecule has 7 heteroatoms. The summed E-state index contributed by atoms with van der Waals surface area (Å²) in [5.74, 6) is -1.34. The third kappa shape index (κ3) is 5.65. The Morgan fingerprint density at radius 2 is 1.71 bits per heavy atom. The molecule has 1 aliphatic carbocycles. The van der Waals surface area contributed by atoms with Gasteiger partial charge in [0.25, 0.3) is 0 Å². The van der Waals surface area contributed by atoms with Gasteiger partial charge in [-0.3, -0.25) is 9.59 Å². The van der Waals surface area contributed by atoms with Crippen LogP contribution in [0.5, 0.6) is 0 Å². The van der Waals surface area contributed by atoms with E-state index in [1.54, 1.807) is 6.92 Å². The minimum atomic E-state index is -3.12. The van der Waals surface area contributed by atoms with E-state index in [9.17, 15) is 23.1 Å². The van der Waals surface area contributed by atoms with Crippen molar-refractivity contribution in [1.29, 1.82) is 0 Å². The number of nitrogens with one attached hydrogen (secondary N) is 1. The molecule has 0 heterocycles. The fraction of sp³-hybridized carbons (Fsp3) is 0.857. The van der Waals surface area contributed by atoms with Crippen LogP contribution in [0.25, 0.3) is 0 Å². The summed E-state index contributed by atoms with van der Waals surface area (Å²) < 4.78 is 22.7. The average Bonchev–Trinajstić information content (AvgIpc) is 2.65. The van der Waals surface area contributed by atoms with Gasteiger partial charge in [0.15, 0.2) is 9.84 Å². The summed E-state index contributed by atoms with van der Waals surface area (Å²) in [6.45, 7) is 1.60. The molecule has 0 saturated heterocycles. The lowest BCUT2D eigenvalue weighted by Crippen LogP contribution is -2.38. The van der Waals surface area contributed by atoms with E-state index in [0.717, 1.165) is 25.7 Å². The largest absolute Gasteiger partial charge is 0.481 e. The minimum absolute atomic E-state index is 0.0436. The van der Waals surface area contributed by atoms with Crippen molar-refractivity contribution in [3.63, 3.8) is 0 Å². The van der Waals surface area contributed by atoms with Gasteiger partial charge in [0, 0.05) is 18.7 Å². The molecule has 0 unspecified atom stereocenters. The average molecular weight is 319 g/mol. The van der Waals surface area contributed by atoms with Crippen molar-refractivity contribution in [2.75, 3.05) is 18.1 Å². The highest BCUT2D eigenvalue weighted by atomic mass is 32.2. The summed E-state index contributed by atoms with van der Waals surface area (Å²) in [5.41, 5.74) is -0.982. The fourth-order valence-electron chi connectivity index (χ4n) is 2.73. The number of sulfone groups is 1. The number of carboxylic acids is 1. The first-order valence-corrected chi connectivity index (χ1v) is 9.34. The Morgan fingerprint density at radius 1 is 1.14 bits per heavy atom. The molecule has 122 valence electrons. The lowest BCUT2D eigenvalue weighted by molar-refractivity contribution is -0.152. The number of hydrogen-bond acceptors (Lipinski definition) is 4. The van der Waals surface area contributed by atoms with E-state index in [2.05, 4.69) is 5.32 Å². The van der Waals surface area contributed by atoms with Crippen molar-refractivity contribution in [2.24, 2.45) is 5.41 Å². The molecule has 0 bridgehead atoms. The normalized spacial score (nSPS) is 18.7. The molecule has 1 fully saturated rings. The van der Waals surface area contributed by atoms with Gasteiger partial charge in [-0.2, -0.15) is 0 Å². The van der Waals surface area contributed by atoms with Gasteiger partial charge in [0.2, 0.25) is 5.91 Å². The second-order valence-electron chi connectivity index (χ2n) is 5.76. The third-order valence-electron chi connectivity index (χ3n) is 4.19. The van der Waals surface area contributed by atoms with Crippen molar-refractivity contribution >= 4 is 21.7 Å². The van der Waals surface area contributed by atoms with Crippen LogP contribution in [0.3, 0.4) is 0 Å². The van der Waals surface area contributed by atoms with E-state index in [4.69, 9.17) is 0 Å². The molecule has 0 aliphatic heterocycles. The van der Waals surface area contributed by atoms with Gasteiger partial charge >= 0.3 is 5.97 Å². The van der Waals surface area contributed by atoms with Crippen LogP contribution in [0.1, 0.15) is 51.9 Å². The monoisotopic (exact) mass is 319 g/mol. The van der Waals surface area contributed by atoms with E-state index < -0.39 is 21.2 Å². The van der Waals surface area contributed by atoms with Gasteiger partial charge in [-0.05, 0) is 12.8 Å². The molecule has 1 rings (SSSR count). The number of rotatable bonds is 7. The maximum absolute atomic E-state index is 11.9. The Kier molecular flexibility index (Phi) is 6.64. The molecule has 1 aliphatic rings. The lowest BCUT2D eigenvalue weighted by atomic mass is 9.77. The van der Waals surface area contributed by atoms with Gasteiger partial charge in [0.1, 0.15) is 0 Å². The minimum Gasteiger partial charge on any atom is -0.481 e. The molecule has 1 amide bonds. The molecule has 0 aromatic rings. The maximum Gasteiger partial charge on any atom is 0.310 e. The summed E-state index contributed by atoms with van der Waals surface area (Å²) >= 11 is 0. The number of aliphatic carboxylic acids is 1. The number of carbonyl (C=O) groups is 2. The topological polar surface area (TPSA) is 101 Å². The number of amides is 1. The van der Waals surface area contributed by atoms with Crippen molar-refractivity contribution in [3.05, 3.63) is 0 Å². The number of carbonyl (C=O) groups excluding carboxylic acids is 1. The van der Waals surface area contributed by atoms with Gasteiger partial charge in [-0.1, -0.05) is 32.6 Å². The highest BCUT2D eigenvalue weighted by Gasteiger charge is 2.40. The molecule has 0 spiro atoms. The van der Waals surface area contributed by atoms with Crippen LogP contribution in [-0.4, -0.2) is 43.5 Å². The molecule has 21 heavy (non-hydrogen) atoms. The first-order chi connectivity index (χ1) is 9.81. The van der Waals surface area contributed by atoms with Crippen molar-refractivity contribution in [3.8, 4) is 0 Å². The molecule has 0 radical (unpaired) electrons. The predicted molar refractivity (Wildman–Crippen MR) is 79.7 cm³/mol.